The number of hydrogen-bond acceptors (Lipinski definition) is 3. The van der Waals surface area contributed by atoms with E-state index < -0.39 is 0 Å². The number of para-hydroxylation sites is 1. The van der Waals surface area contributed by atoms with Crippen LogP contribution in [0.1, 0.15) is 29.4 Å². The van der Waals surface area contributed by atoms with Gasteiger partial charge in [-0.15, -0.1) is 0 Å². The van der Waals surface area contributed by atoms with E-state index in [1.165, 1.54) is 0 Å². The lowest BCUT2D eigenvalue weighted by atomic mass is 10.1. The Kier molecular flexibility index (Phi) is 4.37. The number of aromatic nitrogens is 2. The Morgan fingerprint density at radius 1 is 1.26 bits per heavy atom. The molecule has 0 saturated carbocycles. The van der Waals surface area contributed by atoms with Crippen LogP contribution in [0.15, 0.2) is 30.3 Å². The van der Waals surface area contributed by atoms with Gasteiger partial charge in [-0.1, -0.05) is 18.2 Å². The highest BCUT2D eigenvalue weighted by molar-refractivity contribution is 5.99. The van der Waals surface area contributed by atoms with E-state index in [-0.39, 0.29) is 24.5 Å². The normalized spacial score (nSPS) is 19.6. The van der Waals surface area contributed by atoms with E-state index in [1.807, 2.05) is 47.7 Å². The molecule has 1 aromatic heterocycles. The van der Waals surface area contributed by atoms with Crippen LogP contribution < -0.4 is 4.90 Å². The predicted molar refractivity (Wildman–Crippen MR) is 103 cm³/mol. The van der Waals surface area contributed by atoms with Crippen LogP contribution in [0.5, 0.6) is 0 Å². The number of hydrogen-bond donors (Lipinski definition) is 0. The van der Waals surface area contributed by atoms with Gasteiger partial charge in [-0.25, -0.2) is 4.79 Å². The van der Waals surface area contributed by atoms with Gasteiger partial charge in [-0.05, 0) is 38.0 Å². The summed E-state index contributed by atoms with van der Waals surface area (Å²) in [7, 11) is 1.77. The van der Waals surface area contributed by atoms with E-state index in [9.17, 15) is 9.59 Å². The molecule has 1 aromatic carbocycles. The number of benzene rings is 1. The van der Waals surface area contributed by atoms with Crippen molar-refractivity contribution in [2.75, 3.05) is 31.6 Å². The first-order valence-corrected chi connectivity index (χ1v) is 9.35. The van der Waals surface area contributed by atoms with Crippen LogP contribution in [-0.2, 0) is 11.3 Å². The molecule has 1 saturated heterocycles. The molecule has 3 heterocycles. The molecule has 27 heavy (non-hydrogen) atoms. The van der Waals surface area contributed by atoms with Gasteiger partial charge in [0, 0.05) is 32.4 Å². The molecule has 0 N–H and O–H groups in total. The van der Waals surface area contributed by atoms with Crippen LogP contribution in [0.4, 0.5) is 10.5 Å². The molecule has 0 bridgehead atoms. The number of amides is 3. The Morgan fingerprint density at radius 3 is 2.78 bits per heavy atom. The van der Waals surface area contributed by atoms with Gasteiger partial charge >= 0.3 is 6.03 Å². The maximum atomic E-state index is 12.9. The average molecular weight is 367 g/mol. The van der Waals surface area contributed by atoms with Crippen molar-refractivity contribution >= 4 is 17.6 Å². The summed E-state index contributed by atoms with van der Waals surface area (Å²) in [6.45, 7) is 6.01. The Bertz CT molecular complexity index is 890. The number of rotatable bonds is 3. The molecule has 1 fully saturated rings. The Balaban J connectivity index is 1.48. The summed E-state index contributed by atoms with van der Waals surface area (Å²) in [4.78, 5) is 30.7. The SMILES string of the molecule is Cc1cc(C)n(C2CCN(C(=O)CN3C(=O)N(C)Cc4ccccc43)C2)n1. The third-order valence-electron chi connectivity index (χ3n) is 5.45. The summed E-state index contributed by atoms with van der Waals surface area (Å²) in [5, 5.41) is 4.56. The third-order valence-corrected chi connectivity index (χ3v) is 5.45. The number of aryl methyl sites for hydroxylation is 2. The first-order valence-electron chi connectivity index (χ1n) is 9.35. The number of urea groups is 1. The molecule has 7 nitrogen and oxygen atoms in total. The van der Waals surface area contributed by atoms with Gasteiger partial charge < -0.3 is 9.80 Å². The molecule has 142 valence electrons. The minimum Gasteiger partial charge on any atom is -0.339 e. The lowest BCUT2D eigenvalue weighted by Gasteiger charge is -2.35. The fourth-order valence-corrected chi connectivity index (χ4v) is 4.11. The molecule has 7 heteroatoms. The fraction of sp³-hybridized carbons (Fsp3) is 0.450. The van der Waals surface area contributed by atoms with Gasteiger partial charge in [0.2, 0.25) is 5.91 Å². The zero-order valence-electron chi connectivity index (χ0n) is 16.1. The van der Waals surface area contributed by atoms with Crippen molar-refractivity contribution in [3.05, 3.63) is 47.3 Å². The summed E-state index contributed by atoms with van der Waals surface area (Å²) in [6.07, 6.45) is 0.887. The van der Waals surface area contributed by atoms with Crippen molar-refractivity contribution in [2.45, 2.75) is 32.9 Å². The lowest BCUT2D eigenvalue weighted by molar-refractivity contribution is -0.128. The highest BCUT2D eigenvalue weighted by atomic mass is 16.2. The van der Waals surface area contributed by atoms with Gasteiger partial charge in [0.1, 0.15) is 6.54 Å². The minimum atomic E-state index is -0.128. The molecule has 0 spiro atoms. The number of likely N-dealkylation sites (tertiary alicyclic amines) is 1. The van der Waals surface area contributed by atoms with Gasteiger partial charge in [0.25, 0.3) is 0 Å². The van der Waals surface area contributed by atoms with Crippen molar-refractivity contribution in [1.29, 1.82) is 0 Å². The fourth-order valence-electron chi connectivity index (χ4n) is 4.11. The predicted octanol–water partition coefficient (Wildman–Crippen LogP) is 2.35. The number of fused-ring (bicyclic) bond motifs is 1. The van der Waals surface area contributed by atoms with E-state index >= 15 is 0 Å². The van der Waals surface area contributed by atoms with E-state index in [0.717, 1.165) is 29.1 Å². The Morgan fingerprint density at radius 2 is 2.04 bits per heavy atom. The van der Waals surface area contributed by atoms with Crippen LogP contribution in [-0.4, -0.2) is 58.2 Å². The molecule has 2 aromatic rings. The number of carbonyl (C=O) groups is 2. The molecule has 1 atom stereocenters. The standard InChI is InChI=1S/C20H25N5O2/c1-14-10-15(2)25(21-14)17-8-9-23(12-17)19(26)13-24-18-7-5-4-6-16(18)11-22(3)20(24)27/h4-7,10,17H,8-9,11-13H2,1-3H3. The maximum absolute atomic E-state index is 12.9. The number of nitrogens with zero attached hydrogens (tertiary/aromatic N) is 5. The smallest absolute Gasteiger partial charge is 0.325 e. The highest BCUT2D eigenvalue weighted by Crippen LogP contribution is 2.28. The van der Waals surface area contributed by atoms with Crippen molar-refractivity contribution in [1.82, 2.24) is 19.6 Å². The van der Waals surface area contributed by atoms with Gasteiger partial charge in [-0.3, -0.25) is 14.4 Å². The summed E-state index contributed by atoms with van der Waals surface area (Å²) < 4.78 is 2.03. The van der Waals surface area contributed by atoms with E-state index in [0.29, 0.717) is 19.6 Å². The van der Waals surface area contributed by atoms with Gasteiger partial charge in [0.05, 0.1) is 17.4 Å². The summed E-state index contributed by atoms with van der Waals surface area (Å²) in [6, 6.07) is 9.92. The van der Waals surface area contributed by atoms with Crippen LogP contribution >= 0.6 is 0 Å². The van der Waals surface area contributed by atoms with E-state index in [1.54, 1.807) is 16.8 Å². The average Bonchev–Trinajstić information content (AvgIpc) is 3.25. The molecule has 0 aliphatic carbocycles. The molecule has 3 amide bonds. The number of carbonyl (C=O) groups excluding carboxylic acids is 2. The van der Waals surface area contributed by atoms with E-state index in [4.69, 9.17) is 0 Å². The quantitative estimate of drug-likeness (QED) is 0.837. The minimum absolute atomic E-state index is 0.0162. The van der Waals surface area contributed by atoms with Crippen LogP contribution in [0.3, 0.4) is 0 Å². The molecule has 4 rings (SSSR count). The molecule has 2 aliphatic heterocycles. The molecule has 2 aliphatic rings. The Labute approximate surface area is 159 Å². The Hall–Kier alpha value is -2.83. The van der Waals surface area contributed by atoms with Crippen molar-refractivity contribution < 1.29 is 9.59 Å². The highest BCUT2D eigenvalue weighted by Gasteiger charge is 2.33. The van der Waals surface area contributed by atoms with Gasteiger partial charge in [0.15, 0.2) is 0 Å². The number of anilines is 1. The largest absolute Gasteiger partial charge is 0.339 e. The monoisotopic (exact) mass is 367 g/mol. The molecular formula is C20H25N5O2. The van der Waals surface area contributed by atoms with Crippen LogP contribution in [0.25, 0.3) is 0 Å². The topological polar surface area (TPSA) is 61.7 Å². The summed E-state index contributed by atoms with van der Waals surface area (Å²) in [5.74, 6) is -0.0162. The zero-order chi connectivity index (χ0) is 19.1. The lowest BCUT2D eigenvalue weighted by Crippen LogP contribution is -2.49. The molecule has 0 radical (unpaired) electrons. The summed E-state index contributed by atoms with van der Waals surface area (Å²) >= 11 is 0. The van der Waals surface area contributed by atoms with Crippen molar-refractivity contribution in [3.8, 4) is 0 Å². The molecule has 1 unspecified atom stereocenters. The summed E-state index contributed by atoms with van der Waals surface area (Å²) in [5.41, 5.74) is 4.02. The van der Waals surface area contributed by atoms with Crippen LogP contribution in [0.2, 0.25) is 0 Å². The zero-order valence-corrected chi connectivity index (χ0v) is 16.1. The molecular weight excluding hydrogens is 342 g/mol. The third kappa shape index (κ3) is 3.18. The maximum Gasteiger partial charge on any atom is 0.325 e. The second-order valence-corrected chi connectivity index (χ2v) is 7.51. The first-order chi connectivity index (χ1) is 12.9. The van der Waals surface area contributed by atoms with E-state index in [2.05, 4.69) is 11.2 Å². The second-order valence-electron chi connectivity index (χ2n) is 7.51. The van der Waals surface area contributed by atoms with Crippen molar-refractivity contribution in [3.63, 3.8) is 0 Å². The van der Waals surface area contributed by atoms with Crippen molar-refractivity contribution in [2.24, 2.45) is 0 Å². The van der Waals surface area contributed by atoms with Crippen LogP contribution in [0, 0.1) is 13.8 Å². The second kappa shape index (κ2) is 6.72. The first kappa shape index (κ1) is 17.6. The van der Waals surface area contributed by atoms with Gasteiger partial charge in [-0.2, -0.15) is 5.10 Å².